The summed E-state index contributed by atoms with van der Waals surface area (Å²) >= 11 is 1.43. The van der Waals surface area contributed by atoms with Crippen LogP contribution in [0.15, 0.2) is 48.5 Å². The molecule has 0 spiro atoms. The van der Waals surface area contributed by atoms with Crippen LogP contribution in [0.25, 0.3) is 10.4 Å². The minimum atomic E-state index is -0.542. The molecule has 27 heavy (non-hydrogen) atoms. The molecule has 136 valence electrons. The van der Waals surface area contributed by atoms with Gasteiger partial charge < -0.3 is 4.74 Å². The van der Waals surface area contributed by atoms with Crippen LogP contribution in [-0.2, 0) is 17.6 Å². The Bertz CT molecular complexity index is 1030. The van der Waals surface area contributed by atoms with Crippen LogP contribution in [0, 0.1) is 10.1 Å². The molecule has 3 aromatic rings. The number of nitrogens with zero attached hydrogens (tertiary/aromatic N) is 2. The zero-order chi connectivity index (χ0) is 18.8. The molecule has 1 N–H and O–H groups in total. The number of hydrogen-bond donors (Lipinski definition) is 1. The molecule has 1 aromatic heterocycles. The fraction of sp³-hybridized carbons (Fsp3) is 0.158. The highest BCUT2D eigenvalue weighted by molar-refractivity contribution is 7.19. The Kier molecular flexibility index (Phi) is 4.55. The van der Waals surface area contributed by atoms with Gasteiger partial charge in [-0.3, -0.25) is 20.2 Å². The molecule has 1 aliphatic rings. The third kappa shape index (κ3) is 3.52. The molecule has 0 saturated heterocycles. The molecule has 0 fully saturated rings. The second-order valence-electron chi connectivity index (χ2n) is 6.01. The van der Waals surface area contributed by atoms with Crippen molar-refractivity contribution in [3.05, 3.63) is 69.9 Å². The van der Waals surface area contributed by atoms with E-state index in [9.17, 15) is 14.9 Å². The second kappa shape index (κ2) is 7.16. The van der Waals surface area contributed by atoms with E-state index < -0.39 is 10.8 Å². The molecule has 7 nitrogen and oxygen atoms in total. The normalized spacial score (nSPS) is 12.0. The van der Waals surface area contributed by atoms with E-state index in [0.29, 0.717) is 5.13 Å². The molecular weight excluding hydrogens is 366 g/mol. The Balaban J connectivity index is 1.45. The quantitative estimate of drug-likeness (QED) is 0.535. The van der Waals surface area contributed by atoms with Crippen LogP contribution in [0.2, 0.25) is 0 Å². The number of nitro benzene ring substituents is 1. The van der Waals surface area contributed by atoms with Gasteiger partial charge in [0, 0.05) is 6.07 Å². The summed E-state index contributed by atoms with van der Waals surface area (Å²) in [6.45, 7) is -0.328. The number of benzene rings is 2. The Morgan fingerprint density at radius 2 is 1.96 bits per heavy atom. The zero-order valence-corrected chi connectivity index (χ0v) is 15.0. The van der Waals surface area contributed by atoms with Crippen molar-refractivity contribution in [3.63, 3.8) is 0 Å². The lowest BCUT2D eigenvalue weighted by molar-refractivity contribution is -0.385. The van der Waals surface area contributed by atoms with Crippen molar-refractivity contribution in [2.45, 2.75) is 12.8 Å². The topological polar surface area (TPSA) is 94.4 Å². The van der Waals surface area contributed by atoms with E-state index in [4.69, 9.17) is 4.74 Å². The monoisotopic (exact) mass is 381 g/mol. The highest BCUT2D eigenvalue weighted by Gasteiger charge is 2.21. The van der Waals surface area contributed by atoms with Gasteiger partial charge >= 0.3 is 5.69 Å². The molecule has 1 amide bonds. The van der Waals surface area contributed by atoms with Crippen molar-refractivity contribution in [1.82, 2.24) is 4.98 Å². The van der Waals surface area contributed by atoms with Crippen LogP contribution >= 0.6 is 11.3 Å². The highest BCUT2D eigenvalue weighted by Crippen LogP contribution is 2.39. The number of thiazole rings is 1. The average molecular weight is 381 g/mol. The molecule has 4 rings (SSSR count). The summed E-state index contributed by atoms with van der Waals surface area (Å²) in [5.74, 6) is -0.349. The van der Waals surface area contributed by atoms with E-state index in [1.807, 2.05) is 12.1 Å². The number of hydrogen-bond acceptors (Lipinski definition) is 6. The van der Waals surface area contributed by atoms with Crippen LogP contribution in [-0.4, -0.2) is 22.4 Å². The highest BCUT2D eigenvalue weighted by atomic mass is 32.1. The number of para-hydroxylation sites is 2. The van der Waals surface area contributed by atoms with E-state index in [1.54, 1.807) is 12.1 Å². The van der Waals surface area contributed by atoms with Gasteiger partial charge in [0.1, 0.15) is 0 Å². The third-order valence-electron chi connectivity index (χ3n) is 4.26. The summed E-state index contributed by atoms with van der Waals surface area (Å²) in [6, 6.07) is 14.1. The number of aromatic nitrogens is 1. The third-order valence-corrected chi connectivity index (χ3v) is 5.30. The van der Waals surface area contributed by atoms with Crippen molar-refractivity contribution in [3.8, 4) is 16.2 Å². The number of ether oxygens (including phenoxy) is 1. The number of carbonyl (C=O) groups is 1. The first kappa shape index (κ1) is 17.2. The summed E-state index contributed by atoms with van der Waals surface area (Å²) in [6.07, 6.45) is 1.77. The van der Waals surface area contributed by atoms with E-state index in [-0.39, 0.29) is 18.0 Å². The first-order valence-corrected chi connectivity index (χ1v) is 9.17. The summed E-state index contributed by atoms with van der Waals surface area (Å²) in [5, 5.41) is 14.2. The van der Waals surface area contributed by atoms with Crippen molar-refractivity contribution < 1.29 is 14.5 Å². The van der Waals surface area contributed by atoms with E-state index in [2.05, 4.69) is 22.4 Å². The minimum Gasteiger partial charge on any atom is -0.477 e. The predicted molar refractivity (Wildman–Crippen MR) is 102 cm³/mol. The minimum absolute atomic E-state index is 0.0602. The Morgan fingerprint density at radius 1 is 1.19 bits per heavy atom. The summed E-state index contributed by atoms with van der Waals surface area (Å²) in [7, 11) is 0. The van der Waals surface area contributed by atoms with Crippen LogP contribution < -0.4 is 10.1 Å². The molecular formula is C19H15N3O4S. The number of aryl methyl sites for hydroxylation is 2. The van der Waals surface area contributed by atoms with E-state index in [1.165, 1.54) is 29.0 Å². The fourth-order valence-corrected chi connectivity index (χ4v) is 4.12. The van der Waals surface area contributed by atoms with Gasteiger partial charge in [-0.1, -0.05) is 47.7 Å². The molecule has 0 unspecified atom stereocenters. The van der Waals surface area contributed by atoms with E-state index in [0.717, 1.165) is 29.0 Å². The lowest BCUT2D eigenvalue weighted by Crippen LogP contribution is -2.20. The number of nitro groups is 1. The van der Waals surface area contributed by atoms with Gasteiger partial charge in [-0.25, -0.2) is 4.98 Å². The van der Waals surface area contributed by atoms with Crippen molar-refractivity contribution >= 4 is 28.1 Å². The van der Waals surface area contributed by atoms with Crippen LogP contribution in [0.3, 0.4) is 0 Å². The molecule has 1 aliphatic carbocycles. The van der Waals surface area contributed by atoms with Gasteiger partial charge in [-0.05, 0) is 30.0 Å². The maximum atomic E-state index is 12.2. The molecule has 0 radical (unpaired) electrons. The number of nitrogens with one attached hydrogen (secondary N) is 1. The van der Waals surface area contributed by atoms with Gasteiger partial charge in [0.05, 0.1) is 15.5 Å². The van der Waals surface area contributed by atoms with Gasteiger partial charge in [0.15, 0.2) is 17.5 Å². The maximum absolute atomic E-state index is 12.2. The number of rotatable bonds is 5. The average Bonchev–Trinajstić information content (AvgIpc) is 3.09. The van der Waals surface area contributed by atoms with Gasteiger partial charge in [0.25, 0.3) is 5.91 Å². The number of amides is 1. The fourth-order valence-electron chi connectivity index (χ4n) is 3.03. The lowest BCUT2D eigenvalue weighted by atomic mass is 9.94. The van der Waals surface area contributed by atoms with Gasteiger partial charge in [-0.2, -0.15) is 0 Å². The largest absolute Gasteiger partial charge is 0.477 e. The first-order chi connectivity index (χ1) is 13.1. The number of carbonyl (C=O) groups excluding carboxylic acids is 1. The Labute approximate surface area is 158 Å². The van der Waals surface area contributed by atoms with Gasteiger partial charge in [0.2, 0.25) is 0 Å². The van der Waals surface area contributed by atoms with Gasteiger partial charge in [-0.15, -0.1) is 0 Å². The Hall–Kier alpha value is -3.26. The Morgan fingerprint density at radius 3 is 2.81 bits per heavy atom. The molecule has 0 atom stereocenters. The SMILES string of the molecule is O=C(COc1ccccc1[N+](=O)[O-])Nc1nc2c(s1)-c1ccccc1CC2. The standard InChI is InChI=1S/C19H15N3O4S/c23-17(11-26-16-8-4-3-7-15(16)22(24)25)21-19-20-14-10-9-12-5-1-2-6-13(12)18(14)27-19/h1-8H,9-11H2,(H,20,21,23). The maximum Gasteiger partial charge on any atom is 0.310 e. The number of anilines is 1. The second-order valence-corrected chi connectivity index (χ2v) is 7.01. The summed E-state index contributed by atoms with van der Waals surface area (Å²) < 4.78 is 5.31. The molecule has 8 heteroatoms. The van der Waals surface area contributed by atoms with Crippen LogP contribution in [0.1, 0.15) is 11.3 Å². The van der Waals surface area contributed by atoms with Crippen molar-refractivity contribution in [2.75, 3.05) is 11.9 Å². The zero-order valence-electron chi connectivity index (χ0n) is 14.2. The van der Waals surface area contributed by atoms with Crippen molar-refractivity contribution in [1.29, 1.82) is 0 Å². The molecule has 2 aromatic carbocycles. The molecule has 0 saturated carbocycles. The summed E-state index contributed by atoms with van der Waals surface area (Å²) in [4.78, 5) is 28.2. The molecule has 0 aliphatic heterocycles. The van der Waals surface area contributed by atoms with E-state index >= 15 is 0 Å². The van der Waals surface area contributed by atoms with Crippen LogP contribution in [0.5, 0.6) is 5.75 Å². The summed E-state index contributed by atoms with van der Waals surface area (Å²) in [5.41, 5.74) is 3.25. The van der Waals surface area contributed by atoms with Crippen molar-refractivity contribution in [2.24, 2.45) is 0 Å². The lowest BCUT2D eigenvalue weighted by Gasteiger charge is -2.13. The first-order valence-electron chi connectivity index (χ1n) is 8.36. The predicted octanol–water partition coefficient (Wildman–Crippen LogP) is 3.83. The molecule has 0 bridgehead atoms. The smallest absolute Gasteiger partial charge is 0.310 e. The van der Waals surface area contributed by atoms with Crippen LogP contribution in [0.4, 0.5) is 10.8 Å². The molecule has 1 heterocycles. The number of fused-ring (bicyclic) bond motifs is 3.